The molecule has 54 heavy (non-hydrogen) atoms. The predicted octanol–water partition coefficient (Wildman–Crippen LogP) is 3.92. The van der Waals surface area contributed by atoms with Gasteiger partial charge < -0.3 is 38.3 Å². The van der Waals surface area contributed by atoms with Crippen molar-refractivity contribution >= 4 is 35.6 Å². The molecule has 5 fully saturated rings. The fourth-order valence-electron chi connectivity index (χ4n) is 11.8. The van der Waals surface area contributed by atoms with E-state index in [1.165, 1.54) is 27.7 Å². The summed E-state index contributed by atoms with van der Waals surface area (Å²) >= 11 is 0. The first kappa shape index (κ1) is 40.3. The van der Waals surface area contributed by atoms with Crippen molar-refractivity contribution in [3.05, 3.63) is 11.6 Å². The number of cyclic esters (lactones) is 1. The Bertz CT molecular complexity index is 1590. The number of carbonyl (C=O) groups is 6. The lowest BCUT2D eigenvalue weighted by Gasteiger charge is -2.66. The van der Waals surface area contributed by atoms with Crippen molar-refractivity contribution in [3.63, 3.8) is 0 Å². The summed E-state index contributed by atoms with van der Waals surface area (Å²) in [5.74, 6) is -3.42. The Balaban J connectivity index is 1.27. The minimum atomic E-state index is -1.33. The molecule has 0 aromatic carbocycles. The van der Waals surface area contributed by atoms with Crippen LogP contribution >= 0.6 is 0 Å². The zero-order chi connectivity index (χ0) is 39.5. The highest BCUT2D eigenvalue weighted by atomic mass is 16.7. The lowest BCUT2D eigenvalue weighted by atomic mass is 9.40. The van der Waals surface area contributed by atoms with Gasteiger partial charge in [0, 0.05) is 45.1 Å². The first-order valence-electron chi connectivity index (χ1n) is 19.3. The maximum Gasteiger partial charge on any atom is 0.331 e. The number of hydrogen-bond acceptors (Lipinski definition) is 14. The SMILES string of the molecule is CC(=O)OC[C@H]1O[C@@H](O[C@@]2(C)CC[C@@]3(C)[C@H](CC[C@@H]4[C@@H]3C[C@@H](C(C)=O)[C@]3(C)[C@@H](C5=CC(=O)OC5)CC[C@]43O)C2)[C@H](OC(C)=O)[C@@H](OC(C)=O)[C@@H]1OC(C)=O. The van der Waals surface area contributed by atoms with E-state index in [1.807, 2.05) is 6.92 Å². The van der Waals surface area contributed by atoms with Crippen LogP contribution in [0, 0.1) is 40.4 Å². The van der Waals surface area contributed by atoms with Gasteiger partial charge in [0.2, 0.25) is 0 Å². The van der Waals surface area contributed by atoms with Crippen molar-refractivity contribution in [2.24, 2.45) is 40.4 Å². The molecule has 6 rings (SSSR count). The lowest BCUT2D eigenvalue weighted by molar-refractivity contribution is -0.337. The molecule has 2 heterocycles. The molecule has 0 radical (unpaired) electrons. The fraction of sp³-hybridized carbons (Fsp3) is 0.800. The van der Waals surface area contributed by atoms with Gasteiger partial charge in [-0.3, -0.25) is 24.0 Å². The van der Waals surface area contributed by atoms with Gasteiger partial charge in [0.1, 0.15) is 25.1 Å². The average Bonchev–Trinajstić information content (AvgIpc) is 3.61. The van der Waals surface area contributed by atoms with Crippen LogP contribution in [0.4, 0.5) is 0 Å². The van der Waals surface area contributed by atoms with Gasteiger partial charge in [-0.15, -0.1) is 0 Å². The van der Waals surface area contributed by atoms with E-state index < -0.39 is 77.1 Å². The highest BCUT2D eigenvalue weighted by molar-refractivity contribution is 5.85. The standard InChI is InChI=1S/C40H56O14/c1-20(41)29-16-30-28(40(47)12-11-27(39(29,40)8)25-15-32(46)49-18-25)10-9-26-17-37(6,13-14-38(26,30)7)54-36-35(52-24(5)45)34(51-23(4)44)33(50-22(3)43)31(53-36)19-48-21(2)42/h15,26-31,33-36,47H,9-14,16-19H2,1-8H3/t26-,27-,28-,29+,30+,31-,33-,34+,35-,36+,37+,38+,39+,40+/m1/s1. The van der Waals surface area contributed by atoms with Gasteiger partial charge in [-0.05, 0) is 99.9 Å². The molecule has 14 heteroatoms. The van der Waals surface area contributed by atoms with Crippen molar-refractivity contribution < 1.29 is 67.0 Å². The summed E-state index contributed by atoms with van der Waals surface area (Å²) in [6, 6.07) is 0. The van der Waals surface area contributed by atoms with E-state index in [-0.39, 0.29) is 54.1 Å². The Morgan fingerprint density at radius 2 is 1.46 bits per heavy atom. The Morgan fingerprint density at radius 3 is 2.06 bits per heavy atom. The highest BCUT2D eigenvalue weighted by Crippen LogP contribution is 2.72. The molecule has 0 aromatic heterocycles. The lowest BCUT2D eigenvalue weighted by Crippen LogP contribution is -2.67. The number of rotatable bonds is 9. The molecule has 14 atom stereocenters. The zero-order valence-corrected chi connectivity index (χ0v) is 32.7. The second-order valence-corrected chi connectivity index (χ2v) is 17.4. The van der Waals surface area contributed by atoms with E-state index in [1.54, 1.807) is 13.0 Å². The molecule has 1 N–H and O–H groups in total. The summed E-state index contributed by atoms with van der Waals surface area (Å²) in [4.78, 5) is 74.5. The molecule has 0 unspecified atom stereocenters. The molecular formula is C40H56O14. The average molecular weight is 761 g/mol. The van der Waals surface area contributed by atoms with Crippen LogP contribution in [0.1, 0.15) is 107 Å². The molecular weight excluding hydrogens is 704 g/mol. The van der Waals surface area contributed by atoms with E-state index in [2.05, 4.69) is 13.8 Å². The summed E-state index contributed by atoms with van der Waals surface area (Å²) in [5.41, 5.74) is -2.01. The topological polar surface area (TPSA) is 187 Å². The van der Waals surface area contributed by atoms with E-state index in [0.717, 1.165) is 24.8 Å². The minimum absolute atomic E-state index is 0.0343. The van der Waals surface area contributed by atoms with E-state index in [4.69, 9.17) is 33.2 Å². The summed E-state index contributed by atoms with van der Waals surface area (Å²) in [6.45, 7) is 12.6. The summed E-state index contributed by atoms with van der Waals surface area (Å²) in [6.07, 6.45) is 0.538. The van der Waals surface area contributed by atoms with E-state index in [0.29, 0.717) is 32.1 Å². The molecule has 1 saturated heterocycles. The number of esters is 5. The van der Waals surface area contributed by atoms with Crippen LogP contribution in [0.15, 0.2) is 11.6 Å². The number of hydrogen-bond donors (Lipinski definition) is 1. The molecule has 6 aliphatic rings. The smallest absolute Gasteiger partial charge is 0.331 e. The molecule has 300 valence electrons. The van der Waals surface area contributed by atoms with Crippen molar-refractivity contribution in [1.82, 2.24) is 0 Å². The molecule has 0 bridgehead atoms. The quantitative estimate of drug-likeness (QED) is 0.202. The summed E-state index contributed by atoms with van der Waals surface area (Å²) in [5, 5.41) is 12.9. The van der Waals surface area contributed by atoms with Gasteiger partial charge in [0.15, 0.2) is 24.6 Å². The maximum absolute atomic E-state index is 13.6. The van der Waals surface area contributed by atoms with Crippen LogP contribution in [0.2, 0.25) is 0 Å². The van der Waals surface area contributed by atoms with Crippen LogP contribution in [0.3, 0.4) is 0 Å². The Kier molecular flexibility index (Phi) is 10.9. The first-order valence-corrected chi connectivity index (χ1v) is 19.3. The van der Waals surface area contributed by atoms with Crippen LogP contribution in [-0.2, 0) is 61.9 Å². The third-order valence-electron chi connectivity index (χ3n) is 14.2. The Morgan fingerprint density at radius 1 is 0.815 bits per heavy atom. The summed E-state index contributed by atoms with van der Waals surface area (Å²) < 4.78 is 40.5. The van der Waals surface area contributed by atoms with E-state index >= 15 is 0 Å². The van der Waals surface area contributed by atoms with Gasteiger partial charge in [-0.1, -0.05) is 13.8 Å². The van der Waals surface area contributed by atoms with Crippen LogP contribution in [0.25, 0.3) is 0 Å². The second-order valence-electron chi connectivity index (χ2n) is 17.4. The zero-order valence-electron chi connectivity index (χ0n) is 32.7. The van der Waals surface area contributed by atoms with Gasteiger partial charge in [-0.25, -0.2) is 4.79 Å². The van der Waals surface area contributed by atoms with Crippen LogP contribution in [-0.4, -0.2) is 95.9 Å². The number of aliphatic hydroxyl groups is 1. The van der Waals surface area contributed by atoms with Crippen molar-refractivity contribution in [2.45, 2.75) is 149 Å². The predicted molar refractivity (Wildman–Crippen MR) is 187 cm³/mol. The largest absolute Gasteiger partial charge is 0.463 e. The molecule has 0 amide bonds. The molecule has 2 aliphatic heterocycles. The monoisotopic (exact) mass is 760 g/mol. The first-order chi connectivity index (χ1) is 25.2. The maximum atomic E-state index is 13.6. The number of fused-ring (bicyclic) bond motifs is 5. The van der Waals surface area contributed by atoms with E-state index in [9.17, 15) is 33.9 Å². The van der Waals surface area contributed by atoms with Gasteiger partial charge >= 0.3 is 29.8 Å². The highest BCUT2D eigenvalue weighted by Gasteiger charge is 2.72. The molecule has 0 spiro atoms. The van der Waals surface area contributed by atoms with Crippen LogP contribution in [0.5, 0.6) is 0 Å². The molecule has 0 aromatic rings. The van der Waals surface area contributed by atoms with Crippen LogP contribution < -0.4 is 0 Å². The Hall–Kier alpha value is -3.36. The van der Waals surface area contributed by atoms with Crippen molar-refractivity contribution in [1.29, 1.82) is 0 Å². The normalized spacial score (nSPS) is 44.0. The number of ketones is 1. The molecule has 14 nitrogen and oxygen atoms in total. The van der Waals surface area contributed by atoms with Gasteiger partial charge in [0.25, 0.3) is 0 Å². The van der Waals surface area contributed by atoms with Crippen molar-refractivity contribution in [2.75, 3.05) is 13.2 Å². The molecule has 4 saturated carbocycles. The minimum Gasteiger partial charge on any atom is -0.463 e. The molecule has 4 aliphatic carbocycles. The number of ether oxygens (including phenoxy) is 7. The number of carbonyl (C=O) groups excluding carboxylic acids is 6. The third kappa shape index (κ3) is 6.99. The van der Waals surface area contributed by atoms with Crippen molar-refractivity contribution in [3.8, 4) is 0 Å². The Labute approximate surface area is 316 Å². The van der Waals surface area contributed by atoms with Gasteiger partial charge in [0.05, 0.1) is 11.2 Å². The summed E-state index contributed by atoms with van der Waals surface area (Å²) in [7, 11) is 0. The number of Topliss-reactive ketones (excluding diaryl/α,β-unsaturated/α-hetero) is 1. The third-order valence-corrected chi connectivity index (χ3v) is 14.2. The van der Waals surface area contributed by atoms with Gasteiger partial charge in [-0.2, -0.15) is 0 Å². The second kappa shape index (κ2) is 14.6. The fourth-order valence-corrected chi connectivity index (χ4v) is 11.8.